The Balaban J connectivity index is 2.07. The predicted molar refractivity (Wildman–Crippen MR) is 78.4 cm³/mol. The van der Waals surface area contributed by atoms with E-state index < -0.39 is 17.6 Å². The highest BCUT2D eigenvalue weighted by Crippen LogP contribution is 2.33. The predicted octanol–water partition coefficient (Wildman–Crippen LogP) is 2.03. The number of alkyl halides is 3. The first kappa shape index (κ1) is 17.3. The van der Waals surface area contributed by atoms with Gasteiger partial charge in [-0.15, -0.1) is 0 Å². The van der Waals surface area contributed by atoms with Gasteiger partial charge in [0, 0.05) is 18.8 Å². The topological polar surface area (TPSA) is 75.4 Å². The molecule has 2 rings (SSSR count). The smallest absolute Gasteiger partial charge is 0.331 e. The Hall–Kier alpha value is -2.09. The SMILES string of the molecule is CCN(Cc1cccc(NC(=O)C2(N)CC2)c1)C(=O)C(F)(F)F. The number of hydrogen-bond donors (Lipinski definition) is 2. The molecule has 2 amide bonds. The van der Waals surface area contributed by atoms with E-state index in [0.717, 1.165) is 0 Å². The summed E-state index contributed by atoms with van der Waals surface area (Å²) in [4.78, 5) is 23.9. The second-order valence-corrected chi connectivity index (χ2v) is 5.63. The van der Waals surface area contributed by atoms with Crippen LogP contribution >= 0.6 is 0 Å². The fourth-order valence-electron chi connectivity index (χ4n) is 2.09. The number of carbonyl (C=O) groups excluding carboxylic acids is 2. The van der Waals surface area contributed by atoms with Gasteiger partial charge in [0.2, 0.25) is 5.91 Å². The molecular weight excluding hydrogens is 311 g/mol. The number of halogens is 3. The zero-order chi connectivity index (χ0) is 17.3. The van der Waals surface area contributed by atoms with Crippen LogP contribution in [0.1, 0.15) is 25.3 Å². The van der Waals surface area contributed by atoms with Crippen molar-refractivity contribution in [3.05, 3.63) is 29.8 Å². The number of benzene rings is 1. The minimum atomic E-state index is -4.90. The fourth-order valence-corrected chi connectivity index (χ4v) is 2.09. The lowest BCUT2D eigenvalue weighted by Gasteiger charge is -2.22. The molecule has 0 bridgehead atoms. The Kier molecular flexibility index (Phi) is 4.65. The van der Waals surface area contributed by atoms with E-state index in [9.17, 15) is 22.8 Å². The molecule has 8 heteroatoms. The van der Waals surface area contributed by atoms with Crippen molar-refractivity contribution < 1.29 is 22.8 Å². The van der Waals surface area contributed by atoms with Crippen LogP contribution in [0.15, 0.2) is 24.3 Å². The number of amides is 2. The number of nitrogens with two attached hydrogens (primary N) is 1. The summed E-state index contributed by atoms with van der Waals surface area (Å²) in [6.07, 6.45) is -3.68. The maximum Gasteiger partial charge on any atom is 0.471 e. The van der Waals surface area contributed by atoms with Gasteiger partial charge in [-0.1, -0.05) is 12.1 Å². The molecule has 1 saturated carbocycles. The van der Waals surface area contributed by atoms with Crippen molar-refractivity contribution in [2.75, 3.05) is 11.9 Å². The number of nitrogens with zero attached hydrogens (tertiary/aromatic N) is 1. The quantitative estimate of drug-likeness (QED) is 0.868. The molecule has 0 unspecified atom stereocenters. The number of nitrogens with one attached hydrogen (secondary N) is 1. The van der Waals surface area contributed by atoms with Gasteiger partial charge in [0.05, 0.1) is 5.54 Å². The standard InChI is InChI=1S/C15H18F3N3O2/c1-2-21(13(23)15(16,17)18)9-10-4-3-5-11(8-10)20-12(22)14(19)6-7-14/h3-5,8H,2,6-7,9,19H2,1H3,(H,20,22). The average Bonchev–Trinajstić information content (AvgIpc) is 3.23. The van der Waals surface area contributed by atoms with Gasteiger partial charge in [0.15, 0.2) is 0 Å². The van der Waals surface area contributed by atoms with E-state index in [4.69, 9.17) is 5.73 Å². The molecule has 0 heterocycles. The second kappa shape index (κ2) is 6.19. The Morgan fingerprint density at radius 3 is 2.52 bits per heavy atom. The van der Waals surface area contributed by atoms with E-state index >= 15 is 0 Å². The van der Waals surface area contributed by atoms with Gasteiger partial charge < -0.3 is 16.0 Å². The van der Waals surface area contributed by atoms with E-state index in [-0.39, 0.29) is 19.0 Å². The van der Waals surface area contributed by atoms with Gasteiger partial charge in [-0.2, -0.15) is 13.2 Å². The lowest BCUT2D eigenvalue weighted by Crippen LogP contribution is -2.40. The zero-order valence-electron chi connectivity index (χ0n) is 12.6. The third-order valence-corrected chi connectivity index (χ3v) is 3.71. The third-order valence-electron chi connectivity index (χ3n) is 3.71. The first-order valence-corrected chi connectivity index (χ1v) is 7.21. The van der Waals surface area contributed by atoms with Crippen LogP contribution in [0.4, 0.5) is 18.9 Å². The number of rotatable bonds is 5. The van der Waals surface area contributed by atoms with Gasteiger partial charge in [-0.05, 0) is 37.5 Å². The largest absolute Gasteiger partial charge is 0.471 e. The molecule has 0 aromatic heterocycles. The molecule has 0 radical (unpaired) electrons. The summed E-state index contributed by atoms with van der Waals surface area (Å²) in [5.74, 6) is -2.19. The van der Waals surface area contributed by atoms with Crippen LogP contribution < -0.4 is 11.1 Å². The van der Waals surface area contributed by atoms with Crippen molar-refractivity contribution in [3.8, 4) is 0 Å². The number of anilines is 1. The molecule has 1 aromatic rings. The molecule has 0 saturated heterocycles. The van der Waals surface area contributed by atoms with Gasteiger partial charge in [-0.25, -0.2) is 0 Å². The molecule has 23 heavy (non-hydrogen) atoms. The lowest BCUT2D eigenvalue weighted by atomic mass is 10.1. The molecule has 5 nitrogen and oxygen atoms in total. The molecule has 1 aromatic carbocycles. The van der Waals surface area contributed by atoms with Crippen LogP contribution in [0, 0.1) is 0 Å². The summed E-state index contributed by atoms with van der Waals surface area (Å²) >= 11 is 0. The van der Waals surface area contributed by atoms with Crippen molar-refractivity contribution in [2.24, 2.45) is 5.73 Å². The van der Waals surface area contributed by atoms with Crippen LogP contribution in [0.2, 0.25) is 0 Å². The summed E-state index contributed by atoms with van der Waals surface area (Å²) in [6, 6.07) is 6.36. The average molecular weight is 329 g/mol. The fraction of sp³-hybridized carbons (Fsp3) is 0.467. The first-order valence-electron chi connectivity index (χ1n) is 7.21. The molecule has 0 atom stereocenters. The van der Waals surface area contributed by atoms with Crippen LogP contribution in [-0.4, -0.2) is 35.0 Å². The number of hydrogen-bond acceptors (Lipinski definition) is 3. The van der Waals surface area contributed by atoms with Crippen molar-refractivity contribution in [1.29, 1.82) is 0 Å². The normalized spacial score (nSPS) is 15.9. The van der Waals surface area contributed by atoms with Crippen LogP contribution in [0.5, 0.6) is 0 Å². The third kappa shape index (κ3) is 4.22. The van der Waals surface area contributed by atoms with Crippen LogP contribution in [0.3, 0.4) is 0 Å². The van der Waals surface area contributed by atoms with E-state index in [0.29, 0.717) is 29.0 Å². The summed E-state index contributed by atoms with van der Waals surface area (Å²) in [5, 5.41) is 2.65. The van der Waals surface area contributed by atoms with Crippen molar-refractivity contribution in [3.63, 3.8) is 0 Å². The van der Waals surface area contributed by atoms with Crippen molar-refractivity contribution in [2.45, 2.75) is 38.0 Å². The maximum absolute atomic E-state index is 12.5. The summed E-state index contributed by atoms with van der Waals surface area (Å²) in [5.41, 5.74) is 5.87. The zero-order valence-corrected chi connectivity index (χ0v) is 12.6. The first-order chi connectivity index (χ1) is 10.7. The van der Waals surface area contributed by atoms with Crippen LogP contribution in [0.25, 0.3) is 0 Å². The van der Waals surface area contributed by atoms with E-state index in [1.54, 1.807) is 18.2 Å². The highest BCUT2D eigenvalue weighted by Gasteiger charge is 2.46. The van der Waals surface area contributed by atoms with Crippen molar-refractivity contribution >= 4 is 17.5 Å². The van der Waals surface area contributed by atoms with Crippen molar-refractivity contribution in [1.82, 2.24) is 4.90 Å². The molecule has 126 valence electrons. The monoisotopic (exact) mass is 329 g/mol. The molecule has 1 aliphatic rings. The molecule has 1 aliphatic carbocycles. The van der Waals surface area contributed by atoms with Gasteiger partial charge in [-0.3, -0.25) is 9.59 Å². The van der Waals surface area contributed by atoms with E-state index in [1.807, 2.05) is 0 Å². The Bertz CT molecular complexity index is 612. The Labute approximate surface area is 131 Å². The highest BCUT2D eigenvalue weighted by atomic mass is 19.4. The Morgan fingerprint density at radius 2 is 2.00 bits per heavy atom. The minimum absolute atomic E-state index is 0.0686. The summed E-state index contributed by atoms with van der Waals surface area (Å²) in [7, 11) is 0. The minimum Gasteiger partial charge on any atom is -0.331 e. The van der Waals surface area contributed by atoms with Crippen LogP contribution in [-0.2, 0) is 16.1 Å². The molecule has 0 aliphatic heterocycles. The van der Waals surface area contributed by atoms with E-state index in [1.165, 1.54) is 13.0 Å². The maximum atomic E-state index is 12.5. The Morgan fingerprint density at radius 1 is 1.35 bits per heavy atom. The van der Waals surface area contributed by atoms with Gasteiger partial charge in [0.25, 0.3) is 0 Å². The molecular formula is C15H18F3N3O2. The molecule has 0 spiro atoms. The number of carbonyl (C=O) groups is 2. The molecule has 3 N–H and O–H groups in total. The van der Waals surface area contributed by atoms with E-state index in [2.05, 4.69) is 5.32 Å². The van der Waals surface area contributed by atoms with Gasteiger partial charge in [0.1, 0.15) is 0 Å². The lowest BCUT2D eigenvalue weighted by molar-refractivity contribution is -0.185. The van der Waals surface area contributed by atoms with Gasteiger partial charge >= 0.3 is 12.1 Å². The summed E-state index contributed by atoms with van der Waals surface area (Å²) < 4.78 is 37.5. The second-order valence-electron chi connectivity index (χ2n) is 5.63. The summed E-state index contributed by atoms with van der Waals surface area (Å²) in [6.45, 7) is 1.22. The highest BCUT2D eigenvalue weighted by molar-refractivity contribution is 6.00. The molecule has 1 fully saturated rings.